The SMILES string of the molecule is Cc1cccc(C2=NC(n3c4c(c5cc(-c6ccc7c(c6)c6ccccc6n7-c6ccccc6)ccc53)C=CCC4)NC3=CCCC=C32)c1. The second-order valence-electron chi connectivity index (χ2n) is 13.5. The van der Waals surface area contributed by atoms with Gasteiger partial charge in [0.2, 0.25) is 6.29 Å². The molecule has 0 saturated carbocycles. The van der Waals surface area contributed by atoms with Crippen LogP contribution in [0.4, 0.5) is 0 Å². The smallest absolute Gasteiger partial charge is 0.201 e. The third-order valence-corrected chi connectivity index (χ3v) is 10.5. The van der Waals surface area contributed by atoms with Gasteiger partial charge in [0.05, 0.1) is 22.3 Å². The number of fused-ring (bicyclic) bond motifs is 7. The van der Waals surface area contributed by atoms with Gasteiger partial charge in [-0.3, -0.25) is 0 Å². The molecule has 236 valence electrons. The van der Waals surface area contributed by atoms with Gasteiger partial charge in [0.15, 0.2) is 0 Å². The molecule has 3 aliphatic rings. The van der Waals surface area contributed by atoms with Gasteiger partial charge in [-0.15, -0.1) is 0 Å². The number of hydrogen-bond donors (Lipinski definition) is 1. The molecule has 0 spiro atoms. The molecular weight excluding hydrogens is 597 g/mol. The Bertz CT molecular complexity index is 2590. The zero-order valence-electron chi connectivity index (χ0n) is 27.5. The number of aliphatic imine (C=N–C) groups is 1. The van der Waals surface area contributed by atoms with Crippen molar-refractivity contribution >= 4 is 44.5 Å². The molecule has 0 fully saturated rings. The number of rotatable bonds is 4. The van der Waals surface area contributed by atoms with Gasteiger partial charge in [-0.25, -0.2) is 4.99 Å². The van der Waals surface area contributed by atoms with E-state index in [2.05, 4.69) is 161 Å². The fourth-order valence-electron chi connectivity index (χ4n) is 8.27. The van der Waals surface area contributed by atoms with E-state index in [0.717, 1.165) is 31.4 Å². The van der Waals surface area contributed by atoms with Gasteiger partial charge < -0.3 is 14.5 Å². The van der Waals surface area contributed by atoms with E-state index < -0.39 is 0 Å². The highest BCUT2D eigenvalue weighted by atomic mass is 15.3. The van der Waals surface area contributed by atoms with Gasteiger partial charge in [0.25, 0.3) is 0 Å². The van der Waals surface area contributed by atoms with Crippen molar-refractivity contribution in [1.82, 2.24) is 14.5 Å². The first-order valence-corrected chi connectivity index (χ1v) is 17.5. The lowest BCUT2D eigenvalue weighted by Gasteiger charge is -2.32. The van der Waals surface area contributed by atoms with Gasteiger partial charge in [0.1, 0.15) is 0 Å². The monoisotopic (exact) mass is 632 g/mol. The molecule has 4 nitrogen and oxygen atoms in total. The summed E-state index contributed by atoms with van der Waals surface area (Å²) in [7, 11) is 0. The first-order valence-electron chi connectivity index (χ1n) is 17.5. The Balaban J connectivity index is 1.13. The molecule has 49 heavy (non-hydrogen) atoms. The number of aromatic nitrogens is 2. The zero-order valence-corrected chi connectivity index (χ0v) is 27.5. The second kappa shape index (κ2) is 11.1. The van der Waals surface area contributed by atoms with Gasteiger partial charge in [-0.1, -0.05) is 96.6 Å². The topological polar surface area (TPSA) is 34.2 Å². The average molecular weight is 633 g/mol. The van der Waals surface area contributed by atoms with Crippen molar-refractivity contribution in [2.24, 2.45) is 4.99 Å². The quantitative estimate of drug-likeness (QED) is 0.206. The van der Waals surface area contributed by atoms with E-state index in [1.165, 1.54) is 83.2 Å². The molecule has 1 atom stereocenters. The Morgan fingerprint density at radius 1 is 0.653 bits per heavy atom. The molecule has 1 N–H and O–H groups in total. The largest absolute Gasteiger partial charge is 0.346 e. The standard InChI is InChI=1S/C45H36N4/c1-29-12-11-13-32(26-29)44-36-18-5-8-19-39(36)46-45(47-44)49-41-21-10-7-17-35(41)38-28-31(23-25-43(38)49)30-22-24-42-37(27-30)34-16-6-9-20-40(34)48(42)33-14-3-2-4-15-33/h2-4,6-7,9,11-20,22-28,45-46H,5,8,10,21H2,1H3. The molecule has 0 radical (unpaired) electrons. The Morgan fingerprint density at radius 2 is 1.43 bits per heavy atom. The summed E-state index contributed by atoms with van der Waals surface area (Å²) in [4.78, 5) is 5.48. The van der Waals surface area contributed by atoms with E-state index in [1.54, 1.807) is 0 Å². The Labute approximate surface area is 286 Å². The van der Waals surface area contributed by atoms with Crippen molar-refractivity contribution in [1.29, 1.82) is 0 Å². The number of hydrogen-bond acceptors (Lipinski definition) is 2. The summed E-state index contributed by atoms with van der Waals surface area (Å²) in [6.45, 7) is 2.16. The molecule has 2 aromatic heterocycles. The third kappa shape index (κ3) is 4.48. The van der Waals surface area contributed by atoms with Crippen LogP contribution in [0.2, 0.25) is 0 Å². The van der Waals surface area contributed by atoms with E-state index in [1.807, 2.05) is 0 Å². The van der Waals surface area contributed by atoms with Crippen molar-refractivity contribution in [3.05, 3.63) is 167 Å². The molecule has 7 aromatic rings. The first kappa shape index (κ1) is 28.2. The molecule has 1 unspecified atom stereocenters. The molecule has 0 saturated heterocycles. The Morgan fingerprint density at radius 3 is 2.31 bits per heavy atom. The molecule has 2 aliphatic carbocycles. The van der Waals surface area contributed by atoms with Crippen molar-refractivity contribution in [3.63, 3.8) is 0 Å². The summed E-state index contributed by atoms with van der Waals surface area (Å²) in [5, 5.41) is 7.68. The van der Waals surface area contributed by atoms with Gasteiger partial charge in [0, 0.05) is 49.9 Å². The summed E-state index contributed by atoms with van der Waals surface area (Å²) in [5.41, 5.74) is 15.9. The molecule has 0 amide bonds. The molecule has 1 aliphatic heterocycles. The molecule has 3 heterocycles. The van der Waals surface area contributed by atoms with Gasteiger partial charge in [-0.05, 0) is 92.3 Å². The minimum Gasteiger partial charge on any atom is -0.346 e. The lowest BCUT2D eigenvalue weighted by Crippen LogP contribution is -2.34. The van der Waals surface area contributed by atoms with Crippen LogP contribution in [0.1, 0.15) is 47.9 Å². The zero-order chi connectivity index (χ0) is 32.5. The van der Waals surface area contributed by atoms with Crippen LogP contribution in [0.3, 0.4) is 0 Å². The van der Waals surface area contributed by atoms with E-state index >= 15 is 0 Å². The minimum absolute atomic E-state index is 0.221. The van der Waals surface area contributed by atoms with Crippen molar-refractivity contribution in [2.45, 2.75) is 38.9 Å². The van der Waals surface area contributed by atoms with Crippen LogP contribution in [0.5, 0.6) is 0 Å². The lowest BCUT2D eigenvalue weighted by molar-refractivity contribution is 0.454. The first-order chi connectivity index (χ1) is 24.2. The number of nitrogens with zero attached hydrogens (tertiary/aromatic N) is 3. The third-order valence-electron chi connectivity index (χ3n) is 10.5. The molecule has 4 heteroatoms. The van der Waals surface area contributed by atoms with Crippen LogP contribution in [-0.2, 0) is 6.42 Å². The van der Waals surface area contributed by atoms with Crippen molar-refractivity contribution in [2.75, 3.05) is 0 Å². The van der Waals surface area contributed by atoms with Crippen molar-refractivity contribution < 1.29 is 0 Å². The Kier molecular flexibility index (Phi) is 6.38. The maximum absolute atomic E-state index is 5.48. The summed E-state index contributed by atoms with van der Waals surface area (Å²) in [5.74, 6) is 0. The lowest BCUT2D eigenvalue weighted by atomic mass is 9.92. The van der Waals surface area contributed by atoms with Gasteiger partial charge >= 0.3 is 0 Å². The van der Waals surface area contributed by atoms with E-state index in [-0.39, 0.29) is 6.29 Å². The normalized spacial score (nSPS) is 17.0. The van der Waals surface area contributed by atoms with Crippen LogP contribution in [0.25, 0.3) is 55.6 Å². The van der Waals surface area contributed by atoms with E-state index in [4.69, 9.17) is 4.99 Å². The minimum atomic E-state index is -0.221. The summed E-state index contributed by atoms with van der Waals surface area (Å²) in [6, 6.07) is 42.2. The van der Waals surface area contributed by atoms with E-state index in [0.29, 0.717) is 0 Å². The predicted molar refractivity (Wildman–Crippen MR) is 204 cm³/mol. The van der Waals surface area contributed by atoms with E-state index in [9.17, 15) is 0 Å². The number of para-hydroxylation sites is 2. The number of allylic oxidation sites excluding steroid dienone is 4. The van der Waals surface area contributed by atoms with Gasteiger partial charge in [-0.2, -0.15) is 0 Å². The number of benzene rings is 5. The molecule has 10 rings (SSSR count). The van der Waals surface area contributed by atoms with Crippen LogP contribution in [0, 0.1) is 6.92 Å². The number of nitrogens with one attached hydrogen (secondary N) is 1. The summed E-state index contributed by atoms with van der Waals surface area (Å²) in [6.07, 6.45) is 13.3. The maximum Gasteiger partial charge on any atom is 0.201 e. The van der Waals surface area contributed by atoms with Crippen LogP contribution in [-0.4, -0.2) is 14.8 Å². The molecule has 5 aromatic carbocycles. The summed E-state index contributed by atoms with van der Waals surface area (Å²) >= 11 is 0. The van der Waals surface area contributed by atoms with Crippen LogP contribution in [0.15, 0.2) is 150 Å². The molecular formula is C45H36N4. The highest BCUT2D eigenvalue weighted by Gasteiger charge is 2.30. The number of aryl methyl sites for hydroxylation is 1. The molecule has 0 bridgehead atoms. The van der Waals surface area contributed by atoms with Crippen molar-refractivity contribution in [3.8, 4) is 16.8 Å². The van der Waals surface area contributed by atoms with Crippen LogP contribution >= 0.6 is 0 Å². The fraction of sp³-hybridized carbons (Fsp3) is 0.133. The summed E-state index contributed by atoms with van der Waals surface area (Å²) < 4.78 is 4.85. The highest BCUT2D eigenvalue weighted by molar-refractivity contribution is 6.16. The average Bonchev–Trinajstić information content (AvgIpc) is 3.67. The van der Waals surface area contributed by atoms with Crippen LogP contribution < -0.4 is 5.32 Å². The second-order valence-corrected chi connectivity index (χ2v) is 13.5. The maximum atomic E-state index is 5.48. The highest BCUT2D eigenvalue weighted by Crippen LogP contribution is 2.40. The fourth-order valence-corrected chi connectivity index (χ4v) is 8.27. The predicted octanol–water partition coefficient (Wildman–Crippen LogP) is 10.8. The Hall–Kier alpha value is -5.87.